The molecule has 1 rings (SSSR count). The predicted molar refractivity (Wildman–Crippen MR) is 54.2 cm³/mol. The van der Waals surface area contributed by atoms with Crippen molar-refractivity contribution in [2.75, 3.05) is 13.2 Å². The molecule has 3 nitrogen and oxygen atoms in total. The maximum Gasteiger partial charge on any atom is 0.132 e. The van der Waals surface area contributed by atoms with E-state index in [1.807, 2.05) is 0 Å². The van der Waals surface area contributed by atoms with Gasteiger partial charge in [0.05, 0.1) is 12.7 Å². The first kappa shape index (κ1) is 11.9. The van der Waals surface area contributed by atoms with Crippen LogP contribution in [0.25, 0.3) is 0 Å². The van der Waals surface area contributed by atoms with E-state index in [1.54, 1.807) is 6.07 Å². The third-order valence-electron chi connectivity index (χ3n) is 1.99. The standard InChI is InChI=1S/C11H15FO3/c1-8(14)10-4-3-9(7-11(10)12)15-6-2-5-13/h3-4,7-8,13-14H,2,5-6H2,1H3/t8-/m0/s1. The predicted octanol–water partition coefficient (Wildman–Crippen LogP) is 1.64. The second kappa shape index (κ2) is 5.68. The van der Waals surface area contributed by atoms with Gasteiger partial charge in [-0.15, -0.1) is 0 Å². The van der Waals surface area contributed by atoms with Crippen LogP contribution in [-0.2, 0) is 0 Å². The Labute approximate surface area is 88.1 Å². The van der Waals surface area contributed by atoms with E-state index in [2.05, 4.69) is 0 Å². The van der Waals surface area contributed by atoms with E-state index in [0.717, 1.165) is 0 Å². The smallest absolute Gasteiger partial charge is 0.132 e. The highest BCUT2D eigenvalue weighted by atomic mass is 19.1. The number of hydrogen-bond donors (Lipinski definition) is 2. The molecule has 1 atom stereocenters. The van der Waals surface area contributed by atoms with Gasteiger partial charge in [-0.05, 0) is 19.1 Å². The first-order chi connectivity index (χ1) is 7.15. The third kappa shape index (κ3) is 3.49. The summed E-state index contributed by atoms with van der Waals surface area (Å²) in [5.41, 5.74) is 0.254. The molecule has 0 heterocycles. The molecule has 0 aliphatic rings. The summed E-state index contributed by atoms with van der Waals surface area (Å²) in [7, 11) is 0. The van der Waals surface area contributed by atoms with Crippen molar-refractivity contribution >= 4 is 0 Å². The van der Waals surface area contributed by atoms with Crippen LogP contribution >= 0.6 is 0 Å². The molecule has 0 saturated carbocycles. The summed E-state index contributed by atoms with van der Waals surface area (Å²) in [6, 6.07) is 4.33. The van der Waals surface area contributed by atoms with Crippen LogP contribution in [0.5, 0.6) is 5.75 Å². The summed E-state index contributed by atoms with van der Waals surface area (Å²) < 4.78 is 18.5. The van der Waals surface area contributed by atoms with Gasteiger partial charge in [-0.3, -0.25) is 0 Å². The van der Waals surface area contributed by atoms with Gasteiger partial charge in [0.25, 0.3) is 0 Å². The zero-order chi connectivity index (χ0) is 11.3. The van der Waals surface area contributed by atoms with Crippen LogP contribution in [-0.4, -0.2) is 23.4 Å². The topological polar surface area (TPSA) is 49.7 Å². The highest BCUT2D eigenvalue weighted by Crippen LogP contribution is 2.21. The Morgan fingerprint density at radius 2 is 2.20 bits per heavy atom. The Hall–Kier alpha value is -1.13. The molecule has 15 heavy (non-hydrogen) atoms. The second-order valence-electron chi connectivity index (χ2n) is 3.28. The van der Waals surface area contributed by atoms with Crippen molar-refractivity contribution in [3.63, 3.8) is 0 Å². The fourth-order valence-corrected chi connectivity index (χ4v) is 1.19. The molecule has 0 saturated heterocycles. The van der Waals surface area contributed by atoms with Crippen LogP contribution < -0.4 is 4.74 Å². The van der Waals surface area contributed by atoms with Gasteiger partial charge in [0.1, 0.15) is 11.6 Å². The maximum absolute atomic E-state index is 13.3. The van der Waals surface area contributed by atoms with E-state index in [1.165, 1.54) is 19.1 Å². The Bertz CT molecular complexity index is 313. The summed E-state index contributed by atoms with van der Waals surface area (Å²) in [6.45, 7) is 1.91. The lowest BCUT2D eigenvalue weighted by atomic mass is 10.1. The molecule has 0 amide bonds. The monoisotopic (exact) mass is 214 g/mol. The van der Waals surface area contributed by atoms with Crippen LogP contribution in [0, 0.1) is 5.82 Å². The minimum absolute atomic E-state index is 0.0498. The molecule has 2 N–H and O–H groups in total. The Morgan fingerprint density at radius 3 is 2.73 bits per heavy atom. The van der Waals surface area contributed by atoms with Crippen molar-refractivity contribution in [1.82, 2.24) is 0 Å². The molecule has 0 radical (unpaired) electrons. The number of ether oxygens (including phenoxy) is 1. The normalized spacial score (nSPS) is 12.5. The summed E-state index contributed by atoms with van der Waals surface area (Å²) in [6.07, 6.45) is -0.309. The van der Waals surface area contributed by atoms with Crippen LogP contribution in [0.1, 0.15) is 25.0 Å². The molecule has 1 aromatic carbocycles. The second-order valence-corrected chi connectivity index (χ2v) is 3.28. The summed E-state index contributed by atoms with van der Waals surface area (Å²) >= 11 is 0. The van der Waals surface area contributed by atoms with Crippen LogP contribution in [0.2, 0.25) is 0 Å². The fourth-order valence-electron chi connectivity index (χ4n) is 1.19. The van der Waals surface area contributed by atoms with Crippen LogP contribution in [0.3, 0.4) is 0 Å². The third-order valence-corrected chi connectivity index (χ3v) is 1.99. The number of benzene rings is 1. The Kier molecular flexibility index (Phi) is 4.52. The first-order valence-corrected chi connectivity index (χ1v) is 4.86. The number of hydrogen-bond acceptors (Lipinski definition) is 3. The van der Waals surface area contributed by atoms with Crippen LogP contribution in [0.4, 0.5) is 4.39 Å². The number of aliphatic hydroxyl groups is 2. The molecule has 84 valence electrons. The minimum Gasteiger partial charge on any atom is -0.493 e. The molecule has 4 heteroatoms. The summed E-state index contributed by atoms with van der Waals surface area (Å²) in [5.74, 6) is -0.0724. The van der Waals surface area contributed by atoms with Gasteiger partial charge in [0, 0.05) is 24.7 Å². The molecular weight excluding hydrogens is 199 g/mol. The SMILES string of the molecule is C[C@H](O)c1ccc(OCCCO)cc1F. The van der Waals surface area contributed by atoms with Crippen LogP contribution in [0.15, 0.2) is 18.2 Å². The fraction of sp³-hybridized carbons (Fsp3) is 0.455. The molecule has 0 spiro atoms. The van der Waals surface area contributed by atoms with E-state index in [4.69, 9.17) is 9.84 Å². The number of rotatable bonds is 5. The molecule has 0 aliphatic heterocycles. The Balaban J connectivity index is 2.65. The molecular formula is C11H15FO3. The van der Waals surface area contributed by atoms with Crippen molar-refractivity contribution in [1.29, 1.82) is 0 Å². The zero-order valence-electron chi connectivity index (χ0n) is 8.61. The lowest BCUT2D eigenvalue weighted by molar-refractivity contribution is 0.193. The van der Waals surface area contributed by atoms with Gasteiger partial charge < -0.3 is 14.9 Å². The van der Waals surface area contributed by atoms with E-state index in [-0.39, 0.29) is 12.2 Å². The van der Waals surface area contributed by atoms with Gasteiger partial charge in [0.2, 0.25) is 0 Å². The van der Waals surface area contributed by atoms with Gasteiger partial charge >= 0.3 is 0 Å². The number of aliphatic hydroxyl groups excluding tert-OH is 2. The highest BCUT2D eigenvalue weighted by molar-refractivity contribution is 5.29. The van der Waals surface area contributed by atoms with E-state index >= 15 is 0 Å². The lowest BCUT2D eigenvalue weighted by Gasteiger charge is -2.09. The molecule has 0 aliphatic carbocycles. The van der Waals surface area contributed by atoms with Crippen molar-refractivity contribution < 1.29 is 19.3 Å². The van der Waals surface area contributed by atoms with Gasteiger partial charge in [-0.25, -0.2) is 4.39 Å². The van der Waals surface area contributed by atoms with Crippen molar-refractivity contribution in [2.24, 2.45) is 0 Å². The molecule has 0 unspecified atom stereocenters. The van der Waals surface area contributed by atoms with E-state index < -0.39 is 11.9 Å². The summed E-state index contributed by atoms with van der Waals surface area (Å²) in [5, 5.41) is 17.7. The summed E-state index contributed by atoms with van der Waals surface area (Å²) in [4.78, 5) is 0. The quantitative estimate of drug-likeness (QED) is 0.732. The molecule has 0 aromatic heterocycles. The largest absolute Gasteiger partial charge is 0.493 e. The van der Waals surface area contributed by atoms with E-state index in [9.17, 15) is 9.50 Å². The van der Waals surface area contributed by atoms with Gasteiger partial charge in [0.15, 0.2) is 0 Å². The molecule has 0 fully saturated rings. The zero-order valence-corrected chi connectivity index (χ0v) is 8.61. The van der Waals surface area contributed by atoms with Gasteiger partial charge in [-0.2, -0.15) is 0 Å². The molecule has 1 aromatic rings. The lowest BCUT2D eigenvalue weighted by Crippen LogP contribution is -2.01. The minimum atomic E-state index is -0.823. The number of halogens is 1. The van der Waals surface area contributed by atoms with Crippen molar-refractivity contribution in [2.45, 2.75) is 19.4 Å². The average Bonchev–Trinajstić information content (AvgIpc) is 2.17. The highest BCUT2D eigenvalue weighted by Gasteiger charge is 2.08. The molecule has 0 bridgehead atoms. The van der Waals surface area contributed by atoms with Crippen molar-refractivity contribution in [3.05, 3.63) is 29.6 Å². The first-order valence-electron chi connectivity index (χ1n) is 4.86. The average molecular weight is 214 g/mol. The maximum atomic E-state index is 13.3. The van der Waals surface area contributed by atoms with Gasteiger partial charge in [-0.1, -0.05) is 0 Å². The Morgan fingerprint density at radius 1 is 1.47 bits per heavy atom. The van der Waals surface area contributed by atoms with Crippen molar-refractivity contribution in [3.8, 4) is 5.75 Å². The van der Waals surface area contributed by atoms with E-state index in [0.29, 0.717) is 18.8 Å².